The van der Waals surface area contributed by atoms with Crippen LogP contribution < -0.4 is 10.1 Å². The van der Waals surface area contributed by atoms with Crippen LogP contribution in [-0.2, 0) is 16.0 Å². The van der Waals surface area contributed by atoms with Crippen molar-refractivity contribution in [2.75, 3.05) is 40.0 Å². The molecule has 1 saturated heterocycles. The third-order valence-corrected chi connectivity index (χ3v) is 6.02. The highest BCUT2D eigenvalue weighted by Gasteiger charge is 2.22. The molecule has 8 nitrogen and oxygen atoms in total. The van der Waals surface area contributed by atoms with Gasteiger partial charge in [0.05, 0.1) is 12.2 Å². The minimum atomic E-state index is -0.421. The number of likely N-dealkylation sites (N-methyl/N-ethyl adjacent to an activating group) is 1. The average Bonchev–Trinajstić information content (AvgIpc) is 3.12. The molecule has 1 aromatic carbocycles. The van der Waals surface area contributed by atoms with Crippen LogP contribution in [0.3, 0.4) is 0 Å². The summed E-state index contributed by atoms with van der Waals surface area (Å²) in [5.41, 5.74) is 2.94. The highest BCUT2D eigenvalue weighted by molar-refractivity contribution is 6.00. The van der Waals surface area contributed by atoms with E-state index in [-0.39, 0.29) is 12.5 Å². The molecule has 2 aromatic rings. The number of rotatable bonds is 10. The number of nitrogens with zero attached hydrogens (tertiary/aromatic N) is 1. The van der Waals surface area contributed by atoms with E-state index in [4.69, 9.17) is 14.2 Å². The minimum absolute atomic E-state index is 0.268. The summed E-state index contributed by atoms with van der Waals surface area (Å²) in [5.74, 6) is 0.0873. The molecule has 1 amide bonds. The van der Waals surface area contributed by atoms with E-state index in [0.29, 0.717) is 41.7 Å². The van der Waals surface area contributed by atoms with Gasteiger partial charge in [0.2, 0.25) is 0 Å². The van der Waals surface area contributed by atoms with E-state index >= 15 is 0 Å². The van der Waals surface area contributed by atoms with Crippen LogP contribution in [0.5, 0.6) is 5.75 Å². The summed E-state index contributed by atoms with van der Waals surface area (Å²) in [6.45, 7) is 9.00. The van der Waals surface area contributed by atoms with Crippen LogP contribution in [0.1, 0.15) is 57.4 Å². The van der Waals surface area contributed by atoms with Gasteiger partial charge < -0.3 is 24.5 Å². The van der Waals surface area contributed by atoms with Crippen LogP contribution in [0.2, 0.25) is 0 Å². The molecule has 2 N–H and O–H groups in total. The van der Waals surface area contributed by atoms with Gasteiger partial charge in [0.1, 0.15) is 18.1 Å². The molecule has 1 aromatic heterocycles. The van der Waals surface area contributed by atoms with Gasteiger partial charge in [-0.25, -0.2) is 4.79 Å². The van der Waals surface area contributed by atoms with Crippen molar-refractivity contribution >= 4 is 11.9 Å². The van der Waals surface area contributed by atoms with Crippen molar-refractivity contribution in [2.24, 2.45) is 0 Å². The topological polar surface area (TPSA) is 92.9 Å². The van der Waals surface area contributed by atoms with Gasteiger partial charge >= 0.3 is 5.97 Å². The van der Waals surface area contributed by atoms with E-state index in [2.05, 4.69) is 22.2 Å². The van der Waals surface area contributed by atoms with Crippen LogP contribution in [-0.4, -0.2) is 67.8 Å². The predicted molar refractivity (Wildman–Crippen MR) is 126 cm³/mol. The fourth-order valence-electron chi connectivity index (χ4n) is 4.12. The van der Waals surface area contributed by atoms with Gasteiger partial charge in [-0.15, -0.1) is 0 Å². The Balaban J connectivity index is 1.52. The Morgan fingerprint density at radius 1 is 1.24 bits per heavy atom. The van der Waals surface area contributed by atoms with Crippen molar-refractivity contribution in [2.45, 2.75) is 46.2 Å². The van der Waals surface area contributed by atoms with Gasteiger partial charge in [-0.1, -0.05) is 12.1 Å². The summed E-state index contributed by atoms with van der Waals surface area (Å²) >= 11 is 0. The number of hydrogen-bond donors (Lipinski definition) is 2. The van der Waals surface area contributed by atoms with E-state index in [1.165, 1.54) is 0 Å². The Morgan fingerprint density at radius 2 is 2.00 bits per heavy atom. The van der Waals surface area contributed by atoms with Crippen LogP contribution in [0, 0.1) is 13.8 Å². The first kappa shape index (κ1) is 24.8. The zero-order valence-corrected chi connectivity index (χ0v) is 20.0. The van der Waals surface area contributed by atoms with Gasteiger partial charge in [-0.2, -0.15) is 0 Å². The molecule has 0 radical (unpaired) electrons. The Bertz CT molecular complexity index is 950. The van der Waals surface area contributed by atoms with Gasteiger partial charge in [0, 0.05) is 38.0 Å². The van der Waals surface area contributed by atoms with Crippen molar-refractivity contribution in [3.8, 4) is 5.75 Å². The quantitative estimate of drug-likeness (QED) is 0.532. The molecule has 0 unspecified atom stereocenters. The zero-order valence-electron chi connectivity index (χ0n) is 20.0. The average molecular weight is 458 g/mol. The SMILES string of the molecule is CCOC(=O)c1c(C)[nH]c(C(=O)NCc2cccc(OCCN(C)C3CCOCC3)c2)c1C. The highest BCUT2D eigenvalue weighted by atomic mass is 16.5. The standard InChI is InChI=1S/C25H35N3O5/c1-5-32-25(30)22-17(2)23(27-18(22)3)24(29)26-16-19-7-6-8-21(15-19)33-14-11-28(4)20-9-12-31-13-10-20/h6-8,15,20,27H,5,9-14,16H2,1-4H3,(H,26,29). The molecule has 33 heavy (non-hydrogen) atoms. The Hall–Kier alpha value is -2.84. The van der Waals surface area contributed by atoms with Gasteiger partial charge in [0.15, 0.2) is 0 Å². The molecule has 0 spiro atoms. The summed E-state index contributed by atoms with van der Waals surface area (Å²) in [6, 6.07) is 8.27. The third-order valence-electron chi connectivity index (χ3n) is 6.02. The van der Waals surface area contributed by atoms with Gasteiger partial charge in [-0.3, -0.25) is 9.69 Å². The highest BCUT2D eigenvalue weighted by Crippen LogP contribution is 2.20. The van der Waals surface area contributed by atoms with Gasteiger partial charge in [-0.05, 0) is 63.9 Å². The van der Waals surface area contributed by atoms with Crippen molar-refractivity contribution in [1.29, 1.82) is 0 Å². The number of aromatic amines is 1. The lowest BCUT2D eigenvalue weighted by atomic mass is 10.1. The minimum Gasteiger partial charge on any atom is -0.492 e. The number of aryl methyl sites for hydroxylation is 1. The molecular weight excluding hydrogens is 422 g/mol. The lowest BCUT2D eigenvalue weighted by Gasteiger charge is -2.31. The predicted octanol–water partition coefficient (Wildman–Crippen LogP) is 3.23. The Kier molecular flexibility index (Phi) is 8.91. The summed E-state index contributed by atoms with van der Waals surface area (Å²) in [5, 5.41) is 2.91. The molecule has 1 aliphatic heterocycles. The maximum Gasteiger partial charge on any atom is 0.340 e. The monoisotopic (exact) mass is 457 g/mol. The number of amides is 1. The fourth-order valence-corrected chi connectivity index (χ4v) is 4.12. The number of carbonyl (C=O) groups is 2. The first-order valence-corrected chi connectivity index (χ1v) is 11.5. The Morgan fingerprint density at radius 3 is 2.73 bits per heavy atom. The largest absolute Gasteiger partial charge is 0.492 e. The molecule has 0 bridgehead atoms. The van der Waals surface area contributed by atoms with Crippen molar-refractivity contribution in [3.63, 3.8) is 0 Å². The van der Waals surface area contributed by atoms with Crippen LogP contribution in [0.25, 0.3) is 0 Å². The maximum atomic E-state index is 12.7. The summed E-state index contributed by atoms with van der Waals surface area (Å²) in [6.07, 6.45) is 2.12. The molecule has 0 saturated carbocycles. The van der Waals surface area contributed by atoms with Crippen LogP contribution in [0.15, 0.2) is 24.3 Å². The second-order valence-electron chi connectivity index (χ2n) is 8.35. The molecule has 3 rings (SSSR count). The van der Waals surface area contributed by atoms with E-state index in [9.17, 15) is 9.59 Å². The number of benzene rings is 1. The number of hydrogen-bond acceptors (Lipinski definition) is 6. The number of nitrogens with one attached hydrogen (secondary N) is 2. The number of carbonyl (C=O) groups excluding carboxylic acids is 2. The van der Waals surface area contributed by atoms with E-state index in [1.807, 2.05) is 24.3 Å². The van der Waals surface area contributed by atoms with Gasteiger partial charge in [0.25, 0.3) is 5.91 Å². The molecule has 180 valence electrons. The number of aromatic nitrogens is 1. The Labute approximate surface area is 195 Å². The molecule has 8 heteroatoms. The smallest absolute Gasteiger partial charge is 0.340 e. The summed E-state index contributed by atoms with van der Waals surface area (Å²) in [4.78, 5) is 30.2. The van der Waals surface area contributed by atoms with Crippen LogP contribution >= 0.6 is 0 Å². The number of H-pyrrole nitrogens is 1. The van der Waals surface area contributed by atoms with Crippen molar-refractivity contribution in [3.05, 3.63) is 52.3 Å². The first-order valence-electron chi connectivity index (χ1n) is 11.5. The van der Waals surface area contributed by atoms with E-state index in [1.54, 1.807) is 20.8 Å². The molecular formula is C25H35N3O5. The van der Waals surface area contributed by atoms with E-state index < -0.39 is 5.97 Å². The fraction of sp³-hybridized carbons (Fsp3) is 0.520. The lowest BCUT2D eigenvalue weighted by Crippen LogP contribution is -2.38. The second kappa shape index (κ2) is 11.9. The number of esters is 1. The zero-order chi connectivity index (χ0) is 23.8. The molecule has 0 aliphatic carbocycles. The maximum absolute atomic E-state index is 12.7. The van der Waals surface area contributed by atoms with E-state index in [0.717, 1.165) is 43.9 Å². The van der Waals surface area contributed by atoms with Crippen molar-refractivity contribution in [1.82, 2.24) is 15.2 Å². The van der Waals surface area contributed by atoms with Crippen LogP contribution in [0.4, 0.5) is 0 Å². The molecule has 1 aliphatic rings. The number of ether oxygens (including phenoxy) is 3. The third kappa shape index (κ3) is 6.58. The molecule has 1 fully saturated rings. The molecule has 0 atom stereocenters. The summed E-state index contributed by atoms with van der Waals surface area (Å²) < 4.78 is 16.5. The first-order chi connectivity index (χ1) is 15.9. The second-order valence-corrected chi connectivity index (χ2v) is 8.35. The lowest BCUT2D eigenvalue weighted by molar-refractivity contribution is 0.0392. The van der Waals surface area contributed by atoms with Crippen molar-refractivity contribution < 1.29 is 23.8 Å². The normalized spacial score (nSPS) is 14.3. The summed E-state index contributed by atoms with van der Waals surface area (Å²) in [7, 11) is 2.13. The molecule has 2 heterocycles.